The number of thiophene rings is 1. The van der Waals surface area contributed by atoms with E-state index in [9.17, 15) is 14.4 Å². The van der Waals surface area contributed by atoms with Crippen molar-refractivity contribution >= 4 is 34.7 Å². The standard InChI is InChI=1S/C21H25N3O3S/c1-2-24(21(27)18-13-15-5-3-4-6-17(15)28-18)12-11-19(25)23-16-9-7-14(8-10-16)20(22)26/h7-10,13H,2-6,11-12H2,1H3,(H2,22,26)(H,23,25). The first-order valence-corrected chi connectivity index (χ1v) is 10.4. The molecule has 1 aliphatic rings. The van der Waals surface area contributed by atoms with Crippen LogP contribution in [0.1, 0.15) is 56.7 Å². The maximum Gasteiger partial charge on any atom is 0.263 e. The van der Waals surface area contributed by atoms with Crippen molar-refractivity contribution in [1.82, 2.24) is 4.90 Å². The third-order valence-electron chi connectivity index (χ3n) is 4.94. The summed E-state index contributed by atoms with van der Waals surface area (Å²) in [6.45, 7) is 2.84. The van der Waals surface area contributed by atoms with Crippen molar-refractivity contribution in [2.75, 3.05) is 18.4 Å². The van der Waals surface area contributed by atoms with Gasteiger partial charge in [0.1, 0.15) is 0 Å². The highest BCUT2D eigenvalue weighted by Crippen LogP contribution is 2.30. The summed E-state index contributed by atoms with van der Waals surface area (Å²) in [5.41, 5.74) is 7.50. The zero-order valence-electron chi connectivity index (χ0n) is 16.0. The molecule has 1 aliphatic carbocycles. The number of nitrogens with two attached hydrogens (primary N) is 1. The molecule has 7 heteroatoms. The van der Waals surface area contributed by atoms with E-state index in [4.69, 9.17) is 5.73 Å². The highest BCUT2D eigenvalue weighted by Gasteiger charge is 2.21. The van der Waals surface area contributed by atoms with Gasteiger partial charge >= 0.3 is 0 Å². The summed E-state index contributed by atoms with van der Waals surface area (Å²) < 4.78 is 0. The molecule has 0 unspecified atom stereocenters. The lowest BCUT2D eigenvalue weighted by Gasteiger charge is -2.19. The van der Waals surface area contributed by atoms with Crippen LogP contribution in [0, 0.1) is 0 Å². The van der Waals surface area contributed by atoms with E-state index in [-0.39, 0.29) is 18.2 Å². The second kappa shape index (κ2) is 9.01. The van der Waals surface area contributed by atoms with Gasteiger partial charge in [-0.05, 0) is 68.5 Å². The highest BCUT2D eigenvalue weighted by molar-refractivity contribution is 7.14. The van der Waals surface area contributed by atoms with E-state index in [1.807, 2.05) is 13.0 Å². The third-order valence-corrected chi connectivity index (χ3v) is 6.16. The zero-order chi connectivity index (χ0) is 20.1. The summed E-state index contributed by atoms with van der Waals surface area (Å²) >= 11 is 1.60. The first-order valence-electron chi connectivity index (χ1n) is 9.58. The molecule has 1 aromatic carbocycles. The van der Waals surface area contributed by atoms with Gasteiger partial charge in [-0.15, -0.1) is 11.3 Å². The van der Waals surface area contributed by atoms with Gasteiger partial charge < -0.3 is 16.0 Å². The van der Waals surface area contributed by atoms with Crippen LogP contribution >= 0.6 is 11.3 Å². The van der Waals surface area contributed by atoms with E-state index in [2.05, 4.69) is 5.32 Å². The maximum absolute atomic E-state index is 12.8. The number of nitrogens with one attached hydrogen (secondary N) is 1. The Morgan fingerprint density at radius 1 is 1.14 bits per heavy atom. The molecule has 0 bridgehead atoms. The van der Waals surface area contributed by atoms with Gasteiger partial charge in [0.15, 0.2) is 0 Å². The number of aryl methyl sites for hydroxylation is 2. The molecule has 0 aliphatic heterocycles. The minimum Gasteiger partial charge on any atom is -0.366 e. The molecular weight excluding hydrogens is 374 g/mol. The minimum atomic E-state index is -0.509. The smallest absolute Gasteiger partial charge is 0.263 e. The lowest BCUT2D eigenvalue weighted by Crippen LogP contribution is -2.33. The van der Waals surface area contributed by atoms with Gasteiger partial charge in [0.25, 0.3) is 5.91 Å². The van der Waals surface area contributed by atoms with Crippen LogP contribution in [0.15, 0.2) is 30.3 Å². The number of amides is 3. The lowest BCUT2D eigenvalue weighted by atomic mass is 9.99. The Morgan fingerprint density at radius 3 is 2.50 bits per heavy atom. The van der Waals surface area contributed by atoms with Gasteiger partial charge in [-0.3, -0.25) is 14.4 Å². The second-order valence-corrected chi connectivity index (χ2v) is 8.03. The molecule has 1 heterocycles. The van der Waals surface area contributed by atoms with Crippen molar-refractivity contribution in [3.05, 3.63) is 51.2 Å². The van der Waals surface area contributed by atoms with E-state index in [0.29, 0.717) is 24.3 Å². The van der Waals surface area contributed by atoms with Crippen molar-refractivity contribution in [3.63, 3.8) is 0 Å². The number of nitrogens with zero attached hydrogens (tertiary/aromatic N) is 1. The summed E-state index contributed by atoms with van der Waals surface area (Å²) in [6.07, 6.45) is 4.72. The molecule has 0 spiro atoms. The first kappa shape index (κ1) is 20.1. The largest absolute Gasteiger partial charge is 0.366 e. The lowest BCUT2D eigenvalue weighted by molar-refractivity contribution is -0.116. The van der Waals surface area contributed by atoms with E-state index < -0.39 is 5.91 Å². The van der Waals surface area contributed by atoms with Gasteiger partial charge in [0.05, 0.1) is 4.88 Å². The summed E-state index contributed by atoms with van der Waals surface area (Å²) in [5.74, 6) is -0.686. The first-order chi connectivity index (χ1) is 13.5. The van der Waals surface area contributed by atoms with E-state index in [1.54, 1.807) is 40.5 Å². The van der Waals surface area contributed by atoms with Crippen LogP contribution in [-0.2, 0) is 17.6 Å². The summed E-state index contributed by atoms with van der Waals surface area (Å²) in [7, 11) is 0. The molecule has 0 atom stereocenters. The Kier molecular flexibility index (Phi) is 6.46. The molecule has 0 saturated heterocycles. The fraction of sp³-hybridized carbons (Fsp3) is 0.381. The SMILES string of the molecule is CCN(CCC(=O)Nc1ccc(C(N)=O)cc1)C(=O)c1cc2c(s1)CCCC2. The zero-order valence-corrected chi connectivity index (χ0v) is 16.8. The number of carbonyl (C=O) groups excluding carboxylic acids is 3. The van der Waals surface area contributed by atoms with Gasteiger partial charge in [-0.2, -0.15) is 0 Å². The number of hydrogen-bond acceptors (Lipinski definition) is 4. The number of hydrogen-bond donors (Lipinski definition) is 2. The predicted octanol–water partition coefficient (Wildman–Crippen LogP) is 3.22. The Hall–Kier alpha value is -2.67. The highest BCUT2D eigenvalue weighted by atomic mass is 32.1. The van der Waals surface area contributed by atoms with Crippen LogP contribution in [0.5, 0.6) is 0 Å². The molecule has 0 radical (unpaired) electrons. The second-order valence-electron chi connectivity index (χ2n) is 6.89. The fourth-order valence-electron chi connectivity index (χ4n) is 3.33. The van der Waals surface area contributed by atoms with E-state index >= 15 is 0 Å². The van der Waals surface area contributed by atoms with Gasteiger partial charge in [-0.1, -0.05) is 0 Å². The number of benzene rings is 1. The molecule has 148 valence electrons. The Morgan fingerprint density at radius 2 is 1.86 bits per heavy atom. The van der Waals surface area contributed by atoms with Crippen molar-refractivity contribution in [2.45, 2.75) is 39.0 Å². The van der Waals surface area contributed by atoms with Gasteiger partial charge in [-0.25, -0.2) is 0 Å². The molecule has 2 aromatic rings. The monoisotopic (exact) mass is 399 g/mol. The van der Waals surface area contributed by atoms with Crippen molar-refractivity contribution in [2.24, 2.45) is 5.73 Å². The molecule has 1 aromatic heterocycles. The van der Waals surface area contributed by atoms with Gasteiger partial charge in [0.2, 0.25) is 11.8 Å². The molecule has 0 saturated carbocycles. The molecule has 0 fully saturated rings. The number of rotatable bonds is 7. The van der Waals surface area contributed by atoms with Crippen LogP contribution < -0.4 is 11.1 Å². The normalized spacial score (nSPS) is 12.9. The van der Waals surface area contributed by atoms with Crippen LogP contribution in [0.3, 0.4) is 0 Å². The number of anilines is 1. The molecule has 3 amide bonds. The van der Waals surface area contributed by atoms with Crippen molar-refractivity contribution in [3.8, 4) is 0 Å². The molecule has 3 rings (SSSR count). The Bertz CT molecular complexity index is 850. The average molecular weight is 400 g/mol. The Labute approximate surface area is 168 Å². The quantitative estimate of drug-likeness (QED) is 0.749. The average Bonchev–Trinajstić information content (AvgIpc) is 3.13. The third kappa shape index (κ3) is 4.78. The van der Waals surface area contributed by atoms with Gasteiger partial charge in [0, 0.05) is 35.6 Å². The van der Waals surface area contributed by atoms with Crippen LogP contribution in [0.4, 0.5) is 5.69 Å². The number of fused-ring (bicyclic) bond motifs is 1. The Balaban J connectivity index is 1.55. The number of carbonyl (C=O) groups is 3. The van der Waals surface area contributed by atoms with E-state index in [1.165, 1.54) is 23.3 Å². The van der Waals surface area contributed by atoms with Crippen LogP contribution in [0.2, 0.25) is 0 Å². The summed E-state index contributed by atoms with van der Waals surface area (Å²) in [5, 5.41) is 2.78. The summed E-state index contributed by atoms with van der Waals surface area (Å²) in [6, 6.07) is 8.44. The number of primary amides is 1. The minimum absolute atomic E-state index is 0.000473. The van der Waals surface area contributed by atoms with Crippen LogP contribution in [0.25, 0.3) is 0 Å². The van der Waals surface area contributed by atoms with Crippen LogP contribution in [-0.4, -0.2) is 35.7 Å². The molecule has 28 heavy (non-hydrogen) atoms. The van der Waals surface area contributed by atoms with E-state index in [0.717, 1.165) is 17.7 Å². The molecule has 6 nitrogen and oxygen atoms in total. The molecular formula is C21H25N3O3S. The maximum atomic E-state index is 12.8. The predicted molar refractivity (Wildman–Crippen MR) is 111 cm³/mol. The van der Waals surface area contributed by atoms with Crippen molar-refractivity contribution < 1.29 is 14.4 Å². The summed E-state index contributed by atoms with van der Waals surface area (Å²) in [4.78, 5) is 40.0. The van der Waals surface area contributed by atoms with Crippen molar-refractivity contribution in [1.29, 1.82) is 0 Å². The topological polar surface area (TPSA) is 92.5 Å². The molecule has 3 N–H and O–H groups in total. The fourth-order valence-corrected chi connectivity index (χ4v) is 4.55.